The standard InChI is InChI=1S/C9H13N3O/c1-7(2)12(9(10)13)8-4-3-5-11-6-8/h3-7H,1-2H3,(H2,10,13). The average molecular weight is 179 g/mol. The van der Waals surface area contributed by atoms with E-state index in [0.29, 0.717) is 0 Å². The molecule has 2 amide bonds. The van der Waals surface area contributed by atoms with Gasteiger partial charge in [0.05, 0.1) is 11.9 Å². The van der Waals surface area contributed by atoms with Crippen molar-refractivity contribution in [3.05, 3.63) is 24.5 Å². The van der Waals surface area contributed by atoms with Gasteiger partial charge in [-0.15, -0.1) is 0 Å². The maximum atomic E-state index is 11.1. The van der Waals surface area contributed by atoms with Crippen molar-refractivity contribution in [2.24, 2.45) is 5.73 Å². The first-order valence-corrected chi connectivity index (χ1v) is 4.11. The summed E-state index contributed by atoms with van der Waals surface area (Å²) in [5.41, 5.74) is 5.96. The first-order valence-electron chi connectivity index (χ1n) is 4.11. The highest BCUT2D eigenvalue weighted by atomic mass is 16.2. The molecule has 0 unspecified atom stereocenters. The largest absolute Gasteiger partial charge is 0.351 e. The smallest absolute Gasteiger partial charge is 0.319 e. The molecule has 0 spiro atoms. The zero-order valence-corrected chi connectivity index (χ0v) is 7.77. The Hall–Kier alpha value is -1.58. The van der Waals surface area contributed by atoms with E-state index in [9.17, 15) is 4.79 Å². The Kier molecular flexibility index (Phi) is 2.84. The minimum Gasteiger partial charge on any atom is -0.351 e. The Morgan fingerprint density at radius 2 is 2.31 bits per heavy atom. The van der Waals surface area contributed by atoms with Crippen LogP contribution in [0.2, 0.25) is 0 Å². The molecule has 0 atom stereocenters. The zero-order valence-electron chi connectivity index (χ0n) is 7.77. The van der Waals surface area contributed by atoms with E-state index in [1.165, 1.54) is 4.90 Å². The molecule has 1 heterocycles. The number of nitrogens with two attached hydrogens (primary N) is 1. The van der Waals surface area contributed by atoms with Crippen LogP contribution in [0.5, 0.6) is 0 Å². The summed E-state index contributed by atoms with van der Waals surface area (Å²) in [7, 11) is 0. The van der Waals surface area contributed by atoms with Crippen LogP contribution in [0.3, 0.4) is 0 Å². The quantitative estimate of drug-likeness (QED) is 0.745. The second kappa shape index (κ2) is 3.89. The molecule has 0 saturated heterocycles. The summed E-state index contributed by atoms with van der Waals surface area (Å²) >= 11 is 0. The van der Waals surface area contributed by atoms with Crippen LogP contribution in [-0.2, 0) is 0 Å². The normalized spacial score (nSPS) is 10.1. The van der Waals surface area contributed by atoms with Crippen molar-refractivity contribution in [3.8, 4) is 0 Å². The van der Waals surface area contributed by atoms with E-state index >= 15 is 0 Å². The number of hydrogen-bond donors (Lipinski definition) is 1. The fraction of sp³-hybridized carbons (Fsp3) is 0.333. The summed E-state index contributed by atoms with van der Waals surface area (Å²) in [4.78, 5) is 16.5. The lowest BCUT2D eigenvalue weighted by Gasteiger charge is -2.23. The molecule has 70 valence electrons. The van der Waals surface area contributed by atoms with Gasteiger partial charge in [0.15, 0.2) is 0 Å². The number of hydrogen-bond acceptors (Lipinski definition) is 2. The van der Waals surface area contributed by atoms with E-state index in [2.05, 4.69) is 4.98 Å². The van der Waals surface area contributed by atoms with Crippen LogP contribution >= 0.6 is 0 Å². The molecule has 4 heteroatoms. The molecule has 0 aliphatic heterocycles. The van der Waals surface area contributed by atoms with E-state index in [-0.39, 0.29) is 6.04 Å². The van der Waals surface area contributed by atoms with Gasteiger partial charge in [0, 0.05) is 12.2 Å². The molecular formula is C9H13N3O. The lowest BCUT2D eigenvalue weighted by molar-refractivity contribution is 0.252. The van der Waals surface area contributed by atoms with Crippen molar-refractivity contribution in [3.63, 3.8) is 0 Å². The molecule has 0 fully saturated rings. The van der Waals surface area contributed by atoms with Gasteiger partial charge in [0.1, 0.15) is 0 Å². The maximum absolute atomic E-state index is 11.1. The molecule has 2 N–H and O–H groups in total. The molecule has 0 bridgehead atoms. The number of aromatic nitrogens is 1. The zero-order chi connectivity index (χ0) is 9.84. The number of carbonyl (C=O) groups is 1. The predicted molar refractivity (Wildman–Crippen MR) is 51.4 cm³/mol. The number of amides is 2. The number of pyridine rings is 1. The van der Waals surface area contributed by atoms with Gasteiger partial charge in [-0.25, -0.2) is 4.79 Å². The van der Waals surface area contributed by atoms with Crippen molar-refractivity contribution in [2.45, 2.75) is 19.9 Å². The van der Waals surface area contributed by atoms with Gasteiger partial charge in [-0.3, -0.25) is 9.88 Å². The van der Waals surface area contributed by atoms with Crippen LogP contribution in [0.15, 0.2) is 24.5 Å². The predicted octanol–water partition coefficient (Wildman–Crippen LogP) is 1.38. The van der Waals surface area contributed by atoms with Gasteiger partial charge in [-0.1, -0.05) is 0 Å². The van der Waals surface area contributed by atoms with Crippen LogP contribution in [-0.4, -0.2) is 17.1 Å². The van der Waals surface area contributed by atoms with E-state index < -0.39 is 6.03 Å². The van der Waals surface area contributed by atoms with Crippen LogP contribution in [0.1, 0.15) is 13.8 Å². The molecular weight excluding hydrogens is 166 g/mol. The molecule has 0 aromatic carbocycles. The van der Waals surface area contributed by atoms with Crippen LogP contribution < -0.4 is 10.6 Å². The summed E-state index contributed by atoms with van der Waals surface area (Å²) < 4.78 is 0. The number of nitrogens with zero attached hydrogens (tertiary/aromatic N) is 2. The Balaban J connectivity index is 2.96. The Labute approximate surface area is 77.4 Å². The molecule has 0 aliphatic carbocycles. The fourth-order valence-corrected chi connectivity index (χ4v) is 1.18. The average Bonchev–Trinajstić information content (AvgIpc) is 2.04. The number of rotatable bonds is 2. The molecule has 1 aromatic heterocycles. The molecule has 1 rings (SSSR count). The Morgan fingerprint density at radius 1 is 1.62 bits per heavy atom. The summed E-state index contributed by atoms with van der Waals surface area (Å²) in [5.74, 6) is 0. The van der Waals surface area contributed by atoms with Crippen molar-refractivity contribution in [2.75, 3.05) is 4.90 Å². The summed E-state index contributed by atoms with van der Waals surface area (Å²) in [6.07, 6.45) is 3.27. The third-order valence-electron chi connectivity index (χ3n) is 1.68. The third kappa shape index (κ3) is 2.18. The van der Waals surface area contributed by atoms with E-state index in [0.717, 1.165) is 5.69 Å². The van der Waals surface area contributed by atoms with Gasteiger partial charge >= 0.3 is 6.03 Å². The summed E-state index contributed by atoms with van der Waals surface area (Å²) in [6, 6.07) is 3.16. The van der Waals surface area contributed by atoms with Gasteiger partial charge in [-0.2, -0.15) is 0 Å². The van der Waals surface area contributed by atoms with Crippen molar-refractivity contribution in [1.29, 1.82) is 0 Å². The SMILES string of the molecule is CC(C)N(C(N)=O)c1cccnc1. The second-order valence-corrected chi connectivity index (χ2v) is 3.01. The monoisotopic (exact) mass is 179 g/mol. The first-order chi connectivity index (χ1) is 6.13. The lowest BCUT2D eigenvalue weighted by Crippen LogP contribution is -2.40. The lowest BCUT2D eigenvalue weighted by atomic mass is 10.3. The molecule has 1 aromatic rings. The van der Waals surface area contributed by atoms with Crippen LogP contribution in [0, 0.1) is 0 Å². The molecule has 0 aliphatic rings. The van der Waals surface area contributed by atoms with Gasteiger partial charge in [-0.05, 0) is 26.0 Å². The van der Waals surface area contributed by atoms with Gasteiger partial charge in [0.25, 0.3) is 0 Å². The number of urea groups is 1. The third-order valence-corrected chi connectivity index (χ3v) is 1.68. The molecule has 13 heavy (non-hydrogen) atoms. The summed E-state index contributed by atoms with van der Waals surface area (Å²) in [6.45, 7) is 3.80. The van der Waals surface area contributed by atoms with E-state index in [4.69, 9.17) is 5.73 Å². The highest BCUT2D eigenvalue weighted by Crippen LogP contribution is 2.14. The molecule has 0 saturated carbocycles. The van der Waals surface area contributed by atoms with Crippen molar-refractivity contribution >= 4 is 11.7 Å². The molecule has 0 radical (unpaired) electrons. The first kappa shape index (κ1) is 9.51. The maximum Gasteiger partial charge on any atom is 0.319 e. The number of anilines is 1. The van der Waals surface area contributed by atoms with Crippen LogP contribution in [0.25, 0.3) is 0 Å². The van der Waals surface area contributed by atoms with Gasteiger partial charge < -0.3 is 5.73 Å². The van der Waals surface area contributed by atoms with Crippen LogP contribution in [0.4, 0.5) is 10.5 Å². The topological polar surface area (TPSA) is 59.2 Å². The van der Waals surface area contributed by atoms with Crippen molar-refractivity contribution < 1.29 is 4.79 Å². The van der Waals surface area contributed by atoms with Crippen molar-refractivity contribution in [1.82, 2.24) is 4.98 Å². The molecule has 4 nitrogen and oxygen atoms in total. The number of primary amides is 1. The Morgan fingerprint density at radius 3 is 2.69 bits per heavy atom. The fourth-order valence-electron chi connectivity index (χ4n) is 1.18. The number of carbonyl (C=O) groups excluding carboxylic acids is 1. The Bertz CT molecular complexity index is 284. The van der Waals surface area contributed by atoms with E-state index in [1.54, 1.807) is 24.5 Å². The van der Waals surface area contributed by atoms with E-state index in [1.807, 2.05) is 13.8 Å². The summed E-state index contributed by atoms with van der Waals surface area (Å²) in [5, 5.41) is 0. The van der Waals surface area contributed by atoms with Gasteiger partial charge in [0.2, 0.25) is 0 Å². The highest BCUT2D eigenvalue weighted by Gasteiger charge is 2.15. The minimum atomic E-state index is -0.456. The second-order valence-electron chi connectivity index (χ2n) is 3.01. The minimum absolute atomic E-state index is 0.0432. The highest BCUT2D eigenvalue weighted by molar-refractivity contribution is 5.90.